The Hall–Kier alpha value is -3.41. The van der Waals surface area contributed by atoms with E-state index in [4.69, 9.17) is 4.74 Å². The maximum atomic E-state index is 12.8. The number of nitrogens with one attached hydrogen (secondary N) is 2. The fourth-order valence-electron chi connectivity index (χ4n) is 3.55. The van der Waals surface area contributed by atoms with Gasteiger partial charge in [0.1, 0.15) is 17.3 Å². The number of hydrogen-bond acceptors (Lipinski definition) is 4. The summed E-state index contributed by atoms with van der Waals surface area (Å²) in [7, 11) is 0. The lowest BCUT2D eigenvalue weighted by Crippen LogP contribution is -2.47. The first-order chi connectivity index (χ1) is 15.5. The highest BCUT2D eigenvalue weighted by atomic mass is 16.5. The van der Waals surface area contributed by atoms with Gasteiger partial charge in [0.25, 0.3) is 5.91 Å². The predicted octanol–water partition coefficient (Wildman–Crippen LogP) is 4.27. The van der Waals surface area contributed by atoms with Crippen molar-refractivity contribution in [2.45, 2.75) is 39.7 Å². The molecule has 0 aliphatic carbocycles. The number of benzene rings is 2. The lowest BCUT2D eigenvalue weighted by Gasteiger charge is -2.21. The largest absolute Gasteiger partial charge is 0.491 e. The number of amides is 2. The SMILES string of the molecule is Cc1ccccc1C(=O)NC(CC(C)C)C(=O)NCCCOc1cccc2cccnc12. The van der Waals surface area contributed by atoms with Crippen LogP contribution in [0.1, 0.15) is 42.6 Å². The second-order valence-corrected chi connectivity index (χ2v) is 8.29. The minimum absolute atomic E-state index is 0.174. The third-order valence-electron chi connectivity index (χ3n) is 5.19. The third kappa shape index (κ3) is 6.30. The van der Waals surface area contributed by atoms with Crippen molar-refractivity contribution in [2.75, 3.05) is 13.2 Å². The molecule has 0 fully saturated rings. The molecule has 0 aliphatic heterocycles. The molecule has 0 radical (unpaired) electrons. The van der Waals surface area contributed by atoms with Crippen LogP contribution in [0.2, 0.25) is 0 Å². The molecule has 0 saturated carbocycles. The van der Waals surface area contributed by atoms with Crippen LogP contribution in [0.15, 0.2) is 60.8 Å². The van der Waals surface area contributed by atoms with Crippen molar-refractivity contribution in [1.82, 2.24) is 15.6 Å². The molecule has 2 N–H and O–H groups in total. The summed E-state index contributed by atoms with van der Waals surface area (Å²) in [5.74, 6) is 0.603. The van der Waals surface area contributed by atoms with Crippen molar-refractivity contribution < 1.29 is 14.3 Å². The molecule has 1 atom stereocenters. The second-order valence-electron chi connectivity index (χ2n) is 8.29. The average Bonchev–Trinajstić information content (AvgIpc) is 2.78. The van der Waals surface area contributed by atoms with Crippen LogP contribution in [0.3, 0.4) is 0 Å². The first-order valence-electron chi connectivity index (χ1n) is 11.1. The zero-order valence-electron chi connectivity index (χ0n) is 18.9. The number of hydrogen-bond donors (Lipinski definition) is 2. The number of aryl methyl sites for hydroxylation is 1. The van der Waals surface area contributed by atoms with Crippen molar-refractivity contribution in [3.63, 3.8) is 0 Å². The van der Waals surface area contributed by atoms with Crippen LogP contribution in [-0.2, 0) is 4.79 Å². The average molecular weight is 434 g/mol. The number of carbonyl (C=O) groups is 2. The topological polar surface area (TPSA) is 80.3 Å². The maximum Gasteiger partial charge on any atom is 0.252 e. The molecule has 168 valence electrons. The van der Waals surface area contributed by atoms with Crippen molar-refractivity contribution in [3.8, 4) is 5.75 Å². The minimum Gasteiger partial charge on any atom is -0.491 e. The van der Waals surface area contributed by atoms with Crippen LogP contribution >= 0.6 is 0 Å². The molecule has 2 amide bonds. The van der Waals surface area contributed by atoms with Crippen molar-refractivity contribution in [2.24, 2.45) is 5.92 Å². The van der Waals surface area contributed by atoms with Gasteiger partial charge in [-0.05, 0) is 49.4 Å². The highest BCUT2D eigenvalue weighted by Crippen LogP contribution is 2.22. The summed E-state index contributed by atoms with van der Waals surface area (Å²) in [6.07, 6.45) is 2.96. The molecule has 3 aromatic rings. The fraction of sp³-hybridized carbons (Fsp3) is 0.346. The number of carbonyl (C=O) groups excluding carboxylic acids is 2. The number of fused-ring (bicyclic) bond motifs is 1. The van der Waals surface area contributed by atoms with Gasteiger partial charge in [0.15, 0.2) is 0 Å². The number of nitrogens with zero attached hydrogens (tertiary/aromatic N) is 1. The highest BCUT2D eigenvalue weighted by molar-refractivity contribution is 5.98. The number of para-hydroxylation sites is 1. The van der Waals surface area contributed by atoms with E-state index in [0.717, 1.165) is 22.2 Å². The summed E-state index contributed by atoms with van der Waals surface area (Å²) in [5.41, 5.74) is 2.30. The predicted molar refractivity (Wildman–Crippen MR) is 127 cm³/mol. The Kier molecular flexibility index (Phi) is 8.20. The van der Waals surface area contributed by atoms with Gasteiger partial charge in [0.05, 0.1) is 6.61 Å². The van der Waals surface area contributed by atoms with Crippen LogP contribution < -0.4 is 15.4 Å². The normalized spacial score (nSPS) is 11.9. The van der Waals surface area contributed by atoms with E-state index in [1.165, 1.54) is 0 Å². The fourth-order valence-corrected chi connectivity index (χ4v) is 3.55. The van der Waals surface area contributed by atoms with Gasteiger partial charge in [0.2, 0.25) is 5.91 Å². The second kappa shape index (κ2) is 11.3. The van der Waals surface area contributed by atoms with Crippen LogP contribution in [0.5, 0.6) is 5.75 Å². The Morgan fingerprint density at radius 3 is 2.59 bits per heavy atom. The minimum atomic E-state index is -0.578. The van der Waals surface area contributed by atoms with E-state index in [-0.39, 0.29) is 17.7 Å². The Labute approximate surface area is 189 Å². The molecular formula is C26H31N3O3. The molecular weight excluding hydrogens is 402 g/mol. The quantitative estimate of drug-likeness (QED) is 0.468. The number of rotatable bonds is 10. The summed E-state index contributed by atoms with van der Waals surface area (Å²) in [6, 6.07) is 16.5. The monoisotopic (exact) mass is 433 g/mol. The van der Waals surface area contributed by atoms with E-state index in [1.54, 1.807) is 12.3 Å². The first-order valence-corrected chi connectivity index (χ1v) is 11.1. The molecule has 0 aliphatic rings. The van der Waals surface area contributed by atoms with Gasteiger partial charge in [0, 0.05) is 23.7 Å². The molecule has 2 aromatic carbocycles. The van der Waals surface area contributed by atoms with Crippen LogP contribution in [0.4, 0.5) is 0 Å². The van der Waals surface area contributed by atoms with Gasteiger partial charge in [-0.3, -0.25) is 14.6 Å². The molecule has 1 aromatic heterocycles. The molecule has 0 spiro atoms. The van der Waals surface area contributed by atoms with E-state index >= 15 is 0 Å². The summed E-state index contributed by atoms with van der Waals surface area (Å²) < 4.78 is 5.88. The smallest absolute Gasteiger partial charge is 0.252 e. The van der Waals surface area contributed by atoms with Crippen LogP contribution in [0.25, 0.3) is 10.9 Å². The van der Waals surface area contributed by atoms with E-state index in [2.05, 4.69) is 15.6 Å². The zero-order chi connectivity index (χ0) is 22.9. The standard InChI is InChI=1S/C26H31N3O3/c1-18(2)17-22(29-25(30)21-12-5-4-9-19(21)3)26(31)28-15-8-16-32-23-13-6-10-20-11-7-14-27-24(20)23/h4-7,9-14,18,22H,8,15-17H2,1-3H3,(H,28,31)(H,29,30). The lowest BCUT2D eigenvalue weighted by atomic mass is 10.0. The first kappa shape index (κ1) is 23.3. The Morgan fingerprint density at radius 1 is 1.03 bits per heavy atom. The Morgan fingerprint density at radius 2 is 1.81 bits per heavy atom. The van der Waals surface area contributed by atoms with E-state index in [9.17, 15) is 9.59 Å². The van der Waals surface area contributed by atoms with Crippen molar-refractivity contribution >= 4 is 22.7 Å². The number of aromatic nitrogens is 1. The van der Waals surface area contributed by atoms with Gasteiger partial charge < -0.3 is 15.4 Å². The molecule has 6 nitrogen and oxygen atoms in total. The van der Waals surface area contributed by atoms with Gasteiger partial charge in [-0.25, -0.2) is 0 Å². The van der Waals surface area contributed by atoms with Gasteiger partial charge in [-0.15, -0.1) is 0 Å². The molecule has 1 unspecified atom stereocenters. The number of pyridine rings is 1. The lowest BCUT2D eigenvalue weighted by molar-refractivity contribution is -0.123. The van der Waals surface area contributed by atoms with E-state index in [1.807, 2.05) is 69.3 Å². The summed E-state index contributed by atoms with van der Waals surface area (Å²) >= 11 is 0. The van der Waals surface area contributed by atoms with Gasteiger partial charge in [-0.1, -0.05) is 50.2 Å². The van der Waals surface area contributed by atoms with Crippen molar-refractivity contribution in [3.05, 3.63) is 71.9 Å². The van der Waals surface area contributed by atoms with Gasteiger partial charge in [-0.2, -0.15) is 0 Å². The maximum absolute atomic E-state index is 12.8. The van der Waals surface area contributed by atoms with Gasteiger partial charge >= 0.3 is 0 Å². The molecule has 6 heteroatoms. The van der Waals surface area contributed by atoms with Crippen LogP contribution in [0, 0.1) is 12.8 Å². The van der Waals surface area contributed by atoms with Crippen molar-refractivity contribution in [1.29, 1.82) is 0 Å². The third-order valence-corrected chi connectivity index (χ3v) is 5.19. The molecule has 32 heavy (non-hydrogen) atoms. The van der Waals surface area contributed by atoms with E-state index < -0.39 is 6.04 Å². The molecule has 0 bridgehead atoms. The summed E-state index contributed by atoms with van der Waals surface area (Å²) in [6.45, 7) is 6.88. The molecule has 3 rings (SSSR count). The number of ether oxygens (including phenoxy) is 1. The van der Waals surface area contributed by atoms with E-state index in [0.29, 0.717) is 31.6 Å². The zero-order valence-corrected chi connectivity index (χ0v) is 18.9. The molecule has 0 saturated heterocycles. The van der Waals surface area contributed by atoms with Crippen LogP contribution in [-0.4, -0.2) is 36.0 Å². The molecule has 1 heterocycles. The summed E-state index contributed by atoms with van der Waals surface area (Å²) in [5, 5.41) is 6.86. The summed E-state index contributed by atoms with van der Waals surface area (Å²) in [4.78, 5) is 29.8. The highest BCUT2D eigenvalue weighted by Gasteiger charge is 2.22. The Balaban J connectivity index is 1.50. The Bertz CT molecular complexity index is 1060.